The standard InChI is InChI=1S/C15H21N3O4/c1-5-18(6-2)12(19)10-17(3)14(20)11-8-7-9-16-13(11)15(21)22-4/h7-9H,5-6,10H2,1-4H3. The van der Waals surface area contributed by atoms with E-state index in [9.17, 15) is 14.4 Å². The van der Waals surface area contributed by atoms with Crippen molar-refractivity contribution in [2.24, 2.45) is 0 Å². The first-order valence-corrected chi connectivity index (χ1v) is 7.02. The Morgan fingerprint density at radius 1 is 1.23 bits per heavy atom. The zero-order valence-electron chi connectivity index (χ0n) is 13.3. The molecule has 0 aromatic carbocycles. The van der Waals surface area contributed by atoms with Crippen LogP contribution in [-0.2, 0) is 9.53 Å². The van der Waals surface area contributed by atoms with Gasteiger partial charge in [-0.1, -0.05) is 0 Å². The Balaban J connectivity index is 2.92. The highest BCUT2D eigenvalue weighted by Crippen LogP contribution is 2.10. The zero-order chi connectivity index (χ0) is 16.7. The lowest BCUT2D eigenvalue weighted by Gasteiger charge is -2.23. The van der Waals surface area contributed by atoms with Crippen molar-refractivity contribution in [1.82, 2.24) is 14.8 Å². The number of hydrogen-bond donors (Lipinski definition) is 0. The van der Waals surface area contributed by atoms with Crippen LogP contribution in [0.5, 0.6) is 0 Å². The SMILES string of the molecule is CCN(CC)C(=O)CN(C)C(=O)c1cccnc1C(=O)OC. The number of esters is 1. The smallest absolute Gasteiger partial charge is 0.357 e. The minimum absolute atomic E-state index is 0.0582. The molecule has 22 heavy (non-hydrogen) atoms. The maximum absolute atomic E-state index is 12.4. The number of likely N-dealkylation sites (N-methyl/N-ethyl adjacent to an activating group) is 2. The molecule has 0 aliphatic rings. The molecule has 0 aliphatic heterocycles. The van der Waals surface area contributed by atoms with Crippen molar-refractivity contribution in [2.75, 3.05) is 33.8 Å². The van der Waals surface area contributed by atoms with Crippen LogP contribution < -0.4 is 0 Å². The van der Waals surface area contributed by atoms with Crippen LogP contribution in [0.4, 0.5) is 0 Å². The summed E-state index contributed by atoms with van der Waals surface area (Å²) in [7, 11) is 2.73. The summed E-state index contributed by atoms with van der Waals surface area (Å²) in [5.41, 5.74) is 0.0568. The summed E-state index contributed by atoms with van der Waals surface area (Å²) in [6.07, 6.45) is 1.41. The summed E-state index contributed by atoms with van der Waals surface area (Å²) in [6.45, 7) is 4.85. The van der Waals surface area contributed by atoms with Crippen molar-refractivity contribution in [3.8, 4) is 0 Å². The van der Waals surface area contributed by atoms with Crippen LogP contribution in [0.25, 0.3) is 0 Å². The largest absolute Gasteiger partial charge is 0.464 e. The molecule has 0 fully saturated rings. The number of ether oxygens (including phenoxy) is 1. The van der Waals surface area contributed by atoms with Crippen LogP contribution in [0.15, 0.2) is 18.3 Å². The van der Waals surface area contributed by atoms with Crippen LogP contribution in [-0.4, -0.2) is 66.4 Å². The molecule has 0 bridgehead atoms. The highest BCUT2D eigenvalue weighted by atomic mass is 16.5. The van der Waals surface area contributed by atoms with Gasteiger partial charge in [0.1, 0.15) is 0 Å². The Labute approximate surface area is 129 Å². The number of amides is 2. The lowest BCUT2D eigenvalue weighted by molar-refractivity contribution is -0.131. The molecular weight excluding hydrogens is 286 g/mol. The van der Waals surface area contributed by atoms with Gasteiger partial charge < -0.3 is 14.5 Å². The van der Waals surface area contributed by atoms with Gasteiger partial charge in [-0.25, -0.2) is 9.78 Å². The summed E-state index contributed by atoms with van der Waals surface area (Å²) in [5.74, 6) is -1.29. The van der Waals surface area contributed by atoms with Crippen molar-refractivity contribution in [2.45, 2.75) is 13.8 Å². The summed E-state index contributed by atoms with van der Waals surface area (Å²) >= 11 is 0. The molecule has 1 aromatic rings. The second kappa shape index (κ2) is 8.11. The Hall–Kier alpha value is -2.44. The average Bonchev–Trinajstić information content (AvgIpc) is 2.54. The molecule has 2 amide bonds. The predicted molar refractivity (Wildman–Crippen MR) is 80.5 cm³/mol. The normalized spacial score (nSPS) is 10.0. The third kappa shape index (κ3) is 4.03. The molecule has 7 heteroatoms. The fourth-order valence-corrected chi connectivity index (χ4v) is 1.99. The molecule has 0 saturated carbocycles. The Kier molecular flexibility index (Phi) is 6.49. The first-order valence-electron chi connectivity index (χ1n) is 7.02. The van der Waals surface area contributed by atoms with Crippen LogP contribution in [0.1, 0.15) is 34.7 Å². The van der Waals surface area contributed by atoms with E-state index in [1.165, 1.54) is 31.3 Å². The molecule has 7 nitrogen and oxygen atoms in total. The average molecular weight is 307 g/mol. The van der Waals surface area contributed by atoms with E-state index in [1.807, 2.05) is 13.8 Å². The molecule has 0 radical (unpaired) electrons. The van der Waals surface area contributed by atoms with E-state index in [2.05, 4.69) is 9.72 Å². The van der Waals surface area contributed by atoms with Crippen LogP contribution in [0.3, 0.4) is 0 Å². The van der Waals surface area contributed by atoms with Crippen LogP contribution in [0.2, 0.25) is 0 Å². The minimum Gasteiger partial charge on any atom is -0.464 e. The van der Waals surface area contributed by atoms with Crippen molar-refractivity contribution in [3.63, 3.8) is 0 Å². The molecule has 1 heterocycles. The van der Waals surface area contributed by atoms with Gasteiger partial charge >= 0.3 is 5.97 Å². The fourth-order valence-electron chi connectivity index (χ4n) is 1.99. The van der Waals surface area contributed by atoms with Crippen LogP contribution >= 0.6 is 0 Å². The summed E-state index contributed by atoms with van der Waals surface area (Å²) in [4.78, 5) is 42.9. The molecule has 0 unspecified atom stereocenters. The Morgan fingerprint density at radius 2 is 1.86 bits per heavy atom. The van der Waals surface area contributed by atoms with Gasteiger partial charge in [0.05, 0.1) is 19.2 Å². The molecule has 1 aromatic heterocycles. The molecular formula is C15H21N3O4. The van der Waals surface area contributed by atoms with E-state index in [-0.39, 0.29) is 23.7 Å². The van der Waals surface area contributed by atoms with Gasteiger partial charge in [-0.05, 0) is 26.0 Å². The van der Waals surface area contributed by atoms with E-state index in [1.54, 1.807) is 11.0 Å². The first kappa shape index (κ1) is 17.6. The molecule has 0 aliphatic carbocycles. The molecule has 0 spiro atoms. The monoisotopic (exact) mass is 307 g/mol. The third-order valence-corrected chi connectivity index (χ3v) is 3.25. The molecule has 0 N–H and O–H groups in total. The number of hydrogen-bond acceptors (Lipinski definition) is 5. The van der Waals surface area contributed by atoms with E-state index >= 15 is 0 Å². The number of nitrogens with zero attached hydrogens (tertiary/aromatic N) is 3. The number of carbonyl (C=O) groups excluding carboxylic acids is 3. The number of pyridine rings is 1. The number of aromatic nitrogens is 1. The van der Waals surface area contributed by atoms with E-state index < -0.39 is 11.9 Å². The number of rotatable bonds is 6. The lowest BCUT2D eigenvalue weighted by Crippen LogP contribution is -2.41. The van der Waals surface area contributed by atoms with Crippen LogP contribution in [0, 0.1) is 0 Å². The predicted octanol–water partition coefficient (Wildman–Crippen LogP) is 0.809. The topological polar surface area (TPSA) is 79.8 Å². The van der Waals surface area contributed by atoms with Gasteiger partial charge in [0.2, 0.25) is 5.91 Å². The second-order valence-corrected chi connectivity index (χ2v) is 4.62. The van der Waals surface area contributed by atoms with Gasteiger partial charge in [-0.15, -0.1) is 0 Å². The highest BCUT2D eigenvalue weighted by molar-refractivity contribution is 6.04. The van der Waals surface area contributed by atoms with Gasteiger partial charge in [0.25, 0.3) is 5.91 Å². The quantitative estimate of drug-likeness (QED) is 0.727. The van der Waals surface area contributed by atoms with E-state index in [4.69, 9.17) is 0 Å². The summed E-state index contributed by atoms with van der Waals surface area (Å²) in [5, 5.41) is 0. The van der Waals surface area contributed by atoms with Gasteiger partial charge in [-0.2, -0.15) is 0 Å². The molecule has 0 saturated heterocycles. The highest BCUT2D eigenvalue weighted by Gasteiger charge is 2.23. The van der Waals surface area contributed by atoms with Gasteiger partial charge in [-0.3, -0.25) is 9.59 Å². The minimum atomic E-state index is -0.688. The Bertz CT molecular complexity index is 555. The molecule has 0 atom stereocenters. The number of methoxy groups -OCH3 is 1. The summed E-state index contributed by atoms with van der Waals surface area (Å²) in [6, 6.07) is 3.04. The van der Waals surface area contributed by atoms with Crippen molar-refractivity contribution >= 4 is 17.8 Å². The molecule has 120 valence electrons. The third-order valence-electron chi connectivity index (χ3n) is 3.25. The van der Waals surface area contributed by atoms with E-state index in [0.29, 0.717) is 13.1 Å². The fraction of sp³-hybridized carbons (Fsp3) is 0.467. The van der Waals surface area contributed by atoms with E-state index in [0.717, 1.165) is 0 Å². The van der Waals surface area contributed by atoms with Gasteiger partial charge in [0, 0.05) is 26.3 Å². The lowest BCUT2D eigenvalue weighted by atomic mass is 10.1. The Morgan fingerprint density at radius 3 is 2.41 bits per heavy atom. The first-order chi connectivity index (χ1) is 10.5. The maximum atomic E-state index is 12.4. The summed E-state index contributed by atoms with van der Waals surface area (Å²) < 4.78 is 4.61. The second-order valence-electron chi connectivity index (χ2n) is 4.62. The maximum Gasteiger partial charge on any atom is 0.357 e. The zero-order valence-corrected chi connectivity index (χ0v) is 13.3. The number of carbonyl (C=O) groups is 3. The van der Waals surface area contributed by atoms with Crippen molar-refractivity contribution < 1.29 is 19.1 Å². The van der Waals surface area contributed by atoms with Crippen molar-refractivity contribution in [1.29, 1.82) is 0 Å². The molecule has 1 rings (SSSR count). The van der Waals surface area contributed by atoms with Gasteiger partial charge in [0.15, 0.2) is 5.69 Å². The van der Waals surface area contributed by atoms with Crippen molar-refractivity contribution in [3.05, 3.63) is 29.6 Å².